The van der Waals surface area contributed by atoms with Gasteiger partial charge >= 0.3 is 0 Å². The third-order valence-electron chi connectivity index (χ3n) is 2.32. The van der Waals surface area contributed by atoms with Crippen LogP contribution in [0.5, 0.6) is 0 Å². The Balaban J connectivity index is 3.75. The lowest BCUT2D eigenvalue weighted by Gasteiger charge is -2.26. The molecule has 2 nitrogen and oxygen atoms in total. The molecular weight excluding hydrogens is 176 g/mol. The highest BCUT2D eigenvalue weighted by atomic mass is 35.5. The molecule has 0 aromatic heterocycles. The smallest absolute Gasteiger partial charge is 0.0780 e. The fourth-order valence-electron chi connectivity index (χ4n) is 0.812. The Labute approximate surface area is 79.9 Å². The van der Waals surface area contributed by atoms with Gasteiger partial charge in [0.25, 0.3) is 0 Å². The molecule has 12 heavy (non-hydrogen) atoms. The summed E-state index contributed by atoms with van der Waals surface area (Å²) in [5.41, 5.74) is -0.783. The van der Waals surface area contributed by atoms with Crippen molar-refractivity contribution in [3.63, 3.8) is 0 Å². The van der Waals surface area contributed by atoms with Crippen LogP contribution in [0, 0.1) is 0 Å². The number of alkyl halides is 1. The topological polar surface area (TPSA) is 29.5 Å². The Morgan fingerprint density at radius 1 is 1.50 bits per heavy atom. The van der Waals surface area contributed by atoms with Gasteiger partial charge < -0.3 is 9.84 Å². The molecular formula is C9H19ClO2. The average molecular weight is 195 g/mol. The fourth-order valence-corrected chi connectivity index (χ4v) is 0.921. The molecule has 74 valence electrons. The minimum Gasteiger partial charge on any atom is -0.389 e. The third-order valence-corrected chi connectivity index (χ3v) is 2.79. The van der Waals surface area contributed by atoms with Crippen LogP contribution in [0.15, 0.2) is 0 Å². The van der Waals surface area contributed by atoms with Gasteiger partial charge in [-0.25, -0.2) is 0 Å². The SMILES string of the molecule is COC(C)CCC(C)(O)C(C)Cl. The van der Waals surface area contributed by atoms with Crippen molar-refractivity contribution in [2.45, 2.75) is 50.7 Å². The minimum absolute atomic E-state index is 0.187. The predicted octanol–water partition coefficient (Wildman–Crippen LogP) is 2.18. The summed E-state index contributed by atoms with van der Waals surface area (Å²) in [5, 5.41) is 9.53. The molecule has 0 aliphatic heterocycles. The van der Waals surface area contributed by atoms with E-state index in [9.17, 15) is 5.11 Å². The molecule has 0 rings (SSSR count). The van der Waals surface area contributed by atoms with Crippen molar-refractivity contribution in [3.8, 4) is 0 Å². The first-order valence-electron chi connectivity index (χ1n) is 4.29. The van der Waals surface area contributed by atoms with E-state index in [0.717, 1.165) is 6.42 Å². The van der Waals surface area contributed by atoms with Gasteiger partial charge in [-0.15, -0.1) is 11.6 Å². The summed E-state index contributed by atoms with van der Waals surface area (Å²) in [4.78, 5) is 0. The zero-order valence-electron chi connectivity index (χ0n) is 8.30. The number of rotatable bonds is 5. The number of hydrogen-bond acceptors (Lipinski definition) is 2. The van der Waals surface area contributed by atoms with Crippen LogP contribution in [-0.4, -0.2) is 29.3 Å². The van der Waals surface area contributed by atoms with E-state index in [0.29, 0.717) is 6.42 Å². The molecule has 0 aliphatic rings. The molecule has 3 unspecified atom stereocenters. The summed E-state index contributed by atoms with van der Waals surface area (Å²) in [6, 6.07) is 0. The van der Waals surface area contributed by atoms with Crippen LogP contribution in [0.1, 0.15) is 33.6 Å². The van der Waals surface area contributed by atoms with Crippen molar-refractivity contribution in [1.82, 2.24) is 0 Å². The van der Waals surface area contributed by atoms with Crippen molar-refractivity contribution in [1.29, 1.82) is 0 Å². The maximum atomic E-state index is 9.75. The van der Waals surface area contributed by atoms with E-state index in [-0.39, 0.29) is 11.5 Å². The molecule has 0 aromatic carbocycles. The maximum absolute atomic E-state index is 9.75. The van der Waals surface area contributed by atoms with E-state index in [1.165, 1.54) is 0 Å². The average Bonchev–Trinajstić information content (AvgIpc) is 2.00. The fraction of sp³-hybridized carbons (Fsp3) is 1.00. The van der Waals surface area contributed by atoms with Crippen LogP contribution in [0.4, 0.5) is 0 Å². The Morgan fingerprint density at radius 3 is 2.33 bits per heavy atom. The van der Waals surface area contributed by atoms with Gasteiger partial charge in [-0.3, -0.25) is 0 Å². The first-order valence-corrected chi connectivity index (χ1v) is 4.73. The molecule has 0 saturated carbocycles. The first kappa shape index (κ1) is 12.2. The molecule has 3 heteroatoms. The van der Waals surface area contributed by atoms with E-state index in [2.05, 4.69) is 0 Å². The number of halogens is 1. The van der Waals surface area contributed by atoms with Gasteiger partial charge in [0, 0.05) is 7.11 Å². The summed E-state index contributed by atoms with van der Waals surface area (Å²) in [6.45, 7) is 5.54. The zero-order chi connectivity index (χ0) is 9.78. The van der Waals surface area contributed by atoms with E-state index in [1.54, 1.807) is 21.0 Å². The van der Waals surface area contributed by atoms with Crippen LogP contribution in [-0.2, 0) is 4.74 Å². The monoisotopic (exact) mass is 194 g/mol. The van der Waals surface area contributed by atoms with E-state index >= 15 is 0 Å². The Hall–Kier alpha value is 0.210. The Kier molecular flexibility index (Phi) is 5.14. The lowest BCUT2D eigenvalue weighted by atomic mass is 9.95. The van der Waals surface area contributed by atoms with Gasteiger partial charge in [-0.2, -0.15) is 0 Å². The molecule has 1 N–H and O–H groups in total. The molecule has 0 amide bonds. The van der Waals surface area contributed by atoms with Crippen molar-refractivity contribution in [2.75, 3.05) is 7.11 Å². The van der Waals surface area contributed by atoms with Gasteiger partial charge in [-0.1, -0.05) is 0 Å². The summed E-state index contributed by atoms with van der Waals surface area (Å²) in [6.07, 6.45) is 1.69. The second-order valence-corrected chi connectivity index (χ2v) is 4.21. The highest BCUT2D eigenvalue weighted by molar-refractivity contribution is 6.21. The number of aliphatic hydroxyl groups is 1. The zero-order valence-corrected chi connectivity index (χ0v) is 9.06. The second-order valence-electron chi connectivity index (χ2n) is 3.56. The van der Waals surface area contributed by atoms with Gasteiger partial charge in [0.05, 0.1) is 17.1 Å². The van der Waals surface area contributed by atoms with Crippen molar-refractivity contribution in [2.24, 2.45) is 0 Å². The van der Waals surface area contributed by atoms with Crippen molar-refractivity contribution < 1.29 is 9.84 Å². The molecule has 0 bridgehead atoms. The predicted molar refractivity (Wildman–Crippen MR) is 51.6 cm³/mol. The van der Waals surface area contributed by atoms with Gasteiger partial charge in [0.15, 0.2) is 0 Å². The van der Waals surface area contributed by atoms with Gasteiger partial charge in [-0.05, 0) is 33.6 Å². The third kappa shape index (κ3) is 4.29. The molecule has 0 heterocycles. The van der Waals surface area contributed by atoms with Crippen LogP contribution in [0.3, 0.4) is 0 Å². The Bertz CT molecular complexity index is 124. The summed E-state index contributed by atoms with van der Waals surface area (Å²) < 4.78 is 5.07. The normalized spacial score (nSPS) is 21.5. The van der Waals surface area contributed by atoms with E-state index in [4.69, 9.17) is 16.3 Å². The van der Waals surface area contributed by atoms with Gasteiger partial charge in [0.2, 0.25) is 0 Å². The summed E-state index contributed by atoms with van der Waals surface area (Å²) in [5.74, 6) is 0. The second kappa shape index (κ2) is 5.05. The van der Waals surface area contributed by atoms with Crippen LogP contribution >= 0.6 is 11.6 Å². The van der Waals surface area contributed by atoms with E-state index in [1.807, 2.05) is 6.92 Å². The lowest BCUT2D eigenvalue weighted by Crippen LogP contribution is -2.34. The number of hydrogen-bond donors (Lipinski definition) is 1. The summed E-state index contributed by atoms with van der Waals surface area (Å²) >= 11 is 5.81. The van der Waals surface area contributed by atoms with Crippen molar-refractivity contribution >= 4 is 11.6 Å². The molecule has 0 saturated heterocycles. The first-order chi connectivity index (χ1) is 5.40. The number of ether oxygens (including phenoxy) is 1. The van der Waals surface area contributed by atoms with Crippen LogP contribution < -0.4 is 0 Å². The molecule has 0 aliphatic carbocycles. The largest absolute Gasteiger partial charge is 0.389 e. The minimum atomic E-state index is -0.783. The van der Waals surface area contributed by atoms with Crippen LogP contribution in [0.25, 0.3) is 0 Å². The molecule has 3 atom stereocenters. The number of methoxy groups -OCH3 is 1. The molecule has 0 aromatic rings. The molecule has 0 fully saturated rings. The van der Waals surface area contributed by atoms with Crippen molar-refractivity contribution in [3.05, 3.63) is 0 Å². The highest BCUT2D eigenvalue weighted by Crippen LogP contribution is 2.22. The maximum Gasteiger partial charge on any atom is 0.0780 e. The molecule has 0 radical (unpaired) electrons. The van der Waals surface area contributed by atoms with E-state index < -0.39 is 5.60 Å². The Morgan fingerprint density at radius 2 is 2.00 bits per heavy atom. The quantitative estimate of drug-likeness (QED) is 0.680. The van der Waals surface area contributed by atoms with Crippen LogP contribution in [0.2, 0.25) is 0 Å². The highest BCUT2D eigenvalue weighted by Gasteiger charge is 2.26. The van der Waals surface area contributed by atoms with Gasteiger partial charge in [0.1, 0.15) is 0 Å². The lowest BCUT2D eigenvalue weighted by molar-refractivity contribution is 0.0258. The molecule has 0 spiro atoms. The standard InChI is InChI=1S/C9H19ClO2/c1-7(12-4)5-6-9(3,11)8(2)10/h7-8,11H,5-6H2,1-4H3. The summed E-state index contributed by atoms with van der Waals surface area (Å²) in [7, 11) is 1.67.